The van der Waals surface area contributed by atoms with Crippen molar-refractivity contribution in [2.75, 3.05) is 0 Å². The predicted octanol–water partition coefficient (Wildman–Crippen LogP) is 3.45. The number of carboxylic acid groups (broad SMARTS) is 1. The van der Waals surface area contributed by atoms with Gasteiger partial charge in [-0.05, 0) is 97.7 Å². The number of carbonyl (C=O) groups is 1. The molecular weight excluding hydrogens is 368 g/mol. The van der Waals surface area contributed by atoms with Gasteiger partial charge in [0.05, 0.1) is 18.3 Å². The third kappa shape index (κ3) is 3.27. The maximum Gasteiger partial charge on any atom is 0.303 e. The molecule has 4 aliphatic carbocycles. The molecule has 0 aromatic carbocycles. The zero-order valence-corrected chi connectivity index (χ0v) is 18.3. The van der Waals surface area contributed by atoms with Crippen LogP contribution in [-0.4, -0.2) is 44.7 Å². The average molecular weight is 409 g/mol. The maximum absolute atomic E-state index is 11.5. The van der Waals surface area contributed by atoms with Crippen LogP contribution in [0.1, 0.15) is 78.6 Å². The fraction of sp³-hybridized carbons (Fsp3) is 0.958. The van der Waals surface area contributed by atoms with E-state index in [-0.39, 0.29) is 41.3 Å². The second-order valence-electron chi connectivity index (χ2n) is 11.4. The van der Waals surface area contributed by atoms with Gasteiger partial charge < -0.3 is 20.4 Å². The van der Waals surface area contributed by atoms with Crippen LogP contribution in [0.25, 0.3) is 0 Å². The minimum Gasteiger partial charge on any atom is -0.481 e. The van der Waals surface area contributed by atoms with E-state index in [1.54, 1.807) is 0 Å². The molecule has 0 bridgehead atoms. The maximum atomic E-state index is 11.5. The van der Waals surface area contributed by atoms with E-state index >= 15 is 0 Å². The number of aliphatic hydroxyl groups is 3. The lowest BCUT2D eigenvalue weighted by Crippen LogP contribution is -2.62. The van der Waals surface area contributed by atoms with Gasteiger partial charge >= 0.3 is 5.97 Å². The van der Waals surface area contributed by atoms with Gasteiger partial charge in [-0.25, -0.2) is 0 Å². The molecule has 5 nitrogen and oxygen atoms in total. The van der Waals surface area contributed by atoms with Crippen molar-refractivity contribution in [2.24, 2.45) is 46.3 Å². The molecule has 0 radical (unpaired) electrons. The second kappa shape index (κ2) is 7.49. The van der Waals surface area contributed by atoms with E-state index < -0.39 is 12.1 Å². The minimum absolute atomic E-state index is 0.0957. The van der Waals surface area contributed by atoms with Crippen LogP contribution in [0.15, 0.2) is 0 Å². The molecule has 4 fully saturated rings. The van der Waals surface area contributed by atoms with Gasteiger partial charge in [-0.2, -0.15) is 0 Å². The van der Waals surface area contributed by atoms with Crippen molar-refractivity contribution in [2.45, 2.75) is 96.9 Å². The summed E-state index contributed by atoms with van der Waals surface area (Å²) < 4.78 is 0. The molecule has 1 unspecified atom stereocenters. The highest BCUT2D eigenvalue weighted by Gasteiger charge is 2.65. The molecule has 0 spiro atoms. The summed E-state index contributed by atoms with van der Waals surface area (Å²) in [5, 5.41) is 42.0. The van der Waals surface area contributed by atoms with Crippen LogP contribution in [0.3, 0.4) is 0 Å². The number of aliphatic hydroxyl groups excluding tert-OH is 3. The molecule has 0 saturated heterocycles. The molecule has 11 atom stereocenters. The van der Waals surface area contributed by atoms with Gasteiger partial charge in [-0.1, -0.05) is 20.8 Å². The smallest absolute Gasteiger partial charge is 0.303 e. The lowest BCUT2D eigenvalue weighted by Gasteiger charge is -2.63. The molecule has 4 rings (SSSR count). The van der Waals surface area contributed by atoms with Crippen LogP contribution in [0.5, 0.6) is 0 Å². The van der Waals surface area contributed by atoms with E-state index in [4.69, 9.17) is 5.11 Å². The lowest BCUT2D eigenvalue weighted by molar-refractivity contribution is -0.207. The highest BCUT2D eigenvalue weighted by molar-refractivity contribution is 5.66. The Morgan fingerprint density at radius 1 is 1.03 bits per heavy atom. The fourth-order valence-electron chi connectivity index (χ4n) is 8.68. The molecule has 0 aromatic heterocycles. The zero-order chi connectivity index (χ0) is 21.1. The normalized spacial score (nSPS) is 52.9. The van der Waals surface area contributed by atoms with Gasteiger partial charge in [-0.3, -0.25) is 4.79 Å². The molecule has 29 heavy (non-hydrogen) atoms. The fourth-order valence-corrected chi connectivity index (χ4v) is 8.68. The van der Waals surface area contributed by atoms with E-state index in [1.807, 2.05) is 0 Å². The number of fused-ring (bicyclic) bond motifs is 5. The minimum atomic E-state index is -0.748. The summed E-state index contributed by atoms with van der Waals surface area (Å²) in [5.41, 5.74) is -0.143. The first-order chi connectivity index (χ1) is 13.6. The molecule has 0 aromatic rings. The van der Waals surface area contributed by atoms with E-state index in [9.17, 15) is 20.1 Å². The Kier molecular flexibility index (Phi) is 5.57. The van der Waals surface area contributed by atoms with Crippen LogP contribution in [0.2, 0.25) is 0 Å². The molecule has 4 saturated carbocycles. The molecule has 0 heterocycles. The summed E-state index contributed by atoms with van der Waals surface area (Å²) in [6.45, 7) is 6.72. The molecule has 5 heteroatoms. The Labute approximate surface area is 174 Å². The van der Waals surface area contributed by atoms with E-state index in [0.717, 1.165) is 44.9 Å². The van der Waals surface area contributed by atoms with Crippen LogP contribution >= 0.6 is 0 Å². The SMILES string of the molecule is C[C@H](CCC(=O)O)[C@H]1CC[C@H]2[C@@H]3[C@H](O)CC4C[C@@H](O)CC[C@]4(C)[C@H]3C[C@H](O)[C@]12C. The number of rotatable bonds is 4. The van der Waals surface area contributed by atoms with Crippen LogP contribution in [-0.2, 0) is 4.79 Å². The van der Waals surface area contributed by atoms with Crippen molar-refractivity contribution in [1.82, 2.24) is 0 Å². The number of aliphatic carboxylic acids is 1. The third-order valence-electron chi connectivity index (χ3n) is 10.3. The summed E-state index contributed by atoms with van der Waals surface area (Å²) in [6.07, 6.45) is 6.00. The van der Waals surface area contributed by atoms with Crippen molar-refractivity contribution in [3.63, 3.8) is 0 Å². The van der Waals surface area contributed by atoms with Crippen LogP contribution in [0, 0.1) is 46.3 Å². The van der Waals surface area contributed by atoms with Gasteiger partial charge in [0.15, 0.2) is 0 Å². The van der Waals surface area contributed by atoms with Gasteiger partial charge in [0.25, 0.3) is 0 Å². The second-order valence-corrected chi connectivity index (χ2v) is 11.4. The highest BCUT2D eigenvalue weighted by Crippen LogP contribution is 2.68. The van der Waals surface area contributed by atoms with Crippen LogP contribution in [0.4, 0.5) is 0 Å². The molecule has 0 aliphatic heterocycles. The largest absolute Gasteiger partial charge is 0.481 e. The van der Waals surface area contributed by atoms with Crippen molar-refractivity contribution < 1.29 is 25.2 Å². The van der Waals surface area contributed by atoms with E-state index in [1.165, 1.54) is 0 Å². The number of carboxylic acids is 1. The van der Waals surface area contributed by atoms with Crippen LogP contribution < -0.4 is 0 Å². The first kappa shape index (κ1) is 21.6. The molecular formula is C24H40O5. The monoisotopic (exact) mass is 408 g/mol. The Morgan fingerprint density at radius 2 is 1.76 bits per heavy atom. The van der Waals surface area contributed by atoms with Crippen molar-refractivity contribution >= 4 is 5.97 Å². The predicted molar refractivity (Wildman–Crippen MR) is 110 cm³/mol. The zero-order valence-electron chi connectivity index (χ0n) is 18.3. The molecule has 4 aliphatic rings. The summed E-state index contributed by atoms with van der Waals surface area (Å²) in [5.74, 6) is 0.997. The first-order valence-corrected chi connectivity index (χ1v) is 11.8. The lowest BCUT2D eigenvalue weighted by atomic mass is 9.43. The highest BCUT2D eigenvalue weighted by atomic mass is 16.4. The van der Waals surface area contributed by atoms with Gasteiger partial charge in [0.1, 0.15) is 0 Å². The third-order valence-corrected chi connectivity index (χ3v) is 10.3. The Morgan fingerprint density at radius 3 is 2.45 bits per heavy atom. The van der Waals surface area contributed by atoms with Crippen molar-refractivity contribution in [3.8, 4) is 0 Å². The Balaban J connectivity index is 1.61. The van der Waals surface area contributed by atoms with Crippen molar-refractivity contribution in [1.29, 1.82) is 0 Å². The first-order valence-electron chi connectivity index (χ1n) is 11.8. The number of hydrogen-bond acceptors (Lipinski definition) is 4. The average Bonchev–Trinajstić information content (AvgIpc) is 3.01. The molecule has 166 valence electrons. The number of hydrogen-bond donors (Lipinski definition) is 4. The molecule has 0 amide bonds. The van der Waals surface area contributed by atoms with Gasteiger partial charge in [0, 0.05) is 6.42 Å². The Bertz CT molecular complexity index is 637. The van der Waals surface area contributed by atoms with E-state index in [2.05, 4.69) is 20.8 Å². The summed E-state index contributed by atoms with van der Waals surface area (Å²) >= 11 is 0. The van der Waals surface area contributed by atoms with Crippen molar-refractivity contribution in [3.05, 3.63) is 0 Å². The summed E-state index contributed by atoms with van der Waals surface area (Å²) in [4.78, 5) is 11.1. The standard InChI is InChI=1S/C24H40O5/c1-13(4-7-21(28)29)16-5-6-17-22-18(12-20(27)24(16,17)3)23(2)9-8-15(25)10-14(23)11-19(22)26/h13-20,22,25-27H,4-12H2,1-3H3,(H,28,29)/t13-,14?,15+,16-,17+,18+,19-,20+,22+,23+,24-/m1/s1. The summed E-state index contributed by atoms with van der Waals surface area (Å²) in [6, 6.07) is 0. The molecule has 4 N–H and O–H groups in total. The topological polar surface area (TPSA) is 98.0 Å². The quantitative estimate of drug-likeness (QED) is 0.571. The Hall–Kier alpha value is -0.650. The van der Waals surface area contributed by atoms with E-state index in [0.29, 0.717) is 30.1 Å². The van der Waals surface area contributed by atoms with Gasteiger partial charge in [0.2, 0.25) is 0 Å². The van der Waals surface area contributed by atoms with Gasteiger partial charge in [-0.15, -0.1) is 0 Å². The summed E-state index contributed by atoms with van der Waals surface area (Å²) in [7, 11) is 0.